The summed E-state index contributed by atoms with van der Waals surface area (Å²) in [4.78, 5) is 26.1. The van der Waals surface area contributed by atoms with Crippen LogP contribution in [0.2, 0.25) is 0 Å². The van der Waals surface area contributed by atoms with Crippen LogP contribution in [0, 0.1) is 0 Å². The minimum absolute atomic E-state index is 0.100. The lowest BCUT2D eigenvalue weighted by Crippen LogP contribution is -2.34. The molecule has 0 saturated carbocycles. The molecule has 6 nitrogen and oxygen atoms in total. The third-order valence-electron chi connectivity index (χ3n) is 3.90. The molecule has 1 aliphatic heterocycles. The summed E-state index contributed by atoms with van der Waals surface area (Å²) >= 11 is 0. The van der Waals surface area contributed by atoms with Crippen molar-refractivity contribution in [2.45, 2.75) is 12.5 Å². The van der Waals surface area contributed by atoms with Crippen LogP contribution in [0.5, 0.6) is 11.5 Å². The molecule has 1 fully saturated rings. The van der Waals surface area contributed by atoms with E-state index in [2.05, 4.69) is 5.32 Å². The molecule has 24 heavy (non-hydrogen) atoms. The van der Waals surface area contributed by atoms with Gasteiger partial charge < -0.3 is 14.8 Å². The topological polar surface area (TPSA) is 67.9 Å². The molecule has 1 atom stereocenters. The highest BCUT2D eigenvalue weighted by Crippen LogP contribution is 2.32. The Morgan fingerprint density at radius 1 is 1.04 bits per heavy atom. The number of nitrogens with zero attached hydrogens (tertiary/aromatic N) is 1. The van der Waals surface area contributed by atoms with Crippen LogP contribution < -0.4 is 19.7 Å². The van der Waals surface area contributed by atoms with Gasteiger partial charge in [-0.2, -0.15) is 0 Å². The number of para-hydroxylation sites is 1. The van der Waals surface area contributed by atoms with E-state index in [1.165, 1.54) is 12.0 Å². The Labute approximate surface area is 140 Å². The zero-order chi connectivity index (χ0) is 17.1. The number of nitrogens with one attached hydrogen (secondary N) is 1. The first-order valence-corrected chi connectivity index (χ1v) is 7.54. The van der Waals surface area contributed by atoms with E-state index in [1.807, 2.05) is 6.07 Å². The van der Waals surface area contributed by atoms with Gasteiger partial charge in [-0.15, -0.1) is 0 Å². The largest absolute Gasteiger partial charge is 0.497 e. The van der Waals surface area contributed by atoms with Crippen LogP contribution in [0.3, 0.4) is 0 Å². The molecular weight excluding hydrogens is 308 g/mol. The highest BCUT2D eigenvalue weighted by atomic mass is 16.5. The first-order valence-electron chi connectivity index (χ1n) is 7.54. The Morgan fingerprint density at radius 3 is 2.46 bits per heavy atom. The molecule has 2 amide bonds. The predicted molar refractivity (Wildman–Crippen MR) is 90.5 cm³/mol. The number of hydrogen-bond donors (Lipinski definition) is 1. The molecular formula is C18H18N2O4. The van der Waals surface area contributed by atoms with Gasteiger partial charge in [0.15, 0.2) is 0 Å². The Balaban J connectivity index is 1.82. The van der Waals surface area contributed by atoms with Crippen LogP contribution >= 0.6 is 0 Å². The maximum Gasteiger partial charge on any atom is 0.256 e. The fraction of sp³-hybridized carbons (Fsp3) is 0.222. The highest BCUT2D eigenvalue weighted by Gasteiger charge is 2.39. The van der Waals surface area contributed by atoms with Crippen LogP contribution in [-0.2, 0) is 9.59 Å². The number of methoxy groups -OCH3 is 2. The maximum atomic E-state index is 12.6. The minimum atomic E-state index is -0.625. The van der Waals surface area contributed by atoms with Crippen molar-refractivity contribution in [3.63, 3.8) is 0 Å². The fourth-order valence-electron chi connectivity index (χ4n) is 2.70. The van der Waals surface area contributed by atoms with Crippen molar-refractivity contribution >= 4 is 23.2 Å². The Bertz CT molecular complexity index is 761. The molecule has 6 heteroatoms. The molecule has 124 valence electrons. The maximum absolute atomic E-state index is 12.6. The van der Waals surface area contributed by atoms with E-state index in [1.54, 1.807) is 49.6 Å². The number of anilines is 2. The molecule has 3 rings (SSSR count). The first-order chi connectivity index (χ1) is 11.6. The van der Waals surface area contributed by atoms with E-state index in [0.29, 0.717) is 22.9 Å². The van der Waals surface area contributed by atoms with E-state index in [0.717, 1.165) is 0 Å². The quantitative estimate of drug-likeness (QED) is 0.855. The van der Waals surface area contributed by atoms with Crippen molar-refractivity contribution in [3.05, 3.63) is 48.5 Å². The number of benzene rings is 2. The van der Waals surface area contributed by atoms with E-state index in [9.17, 15) is 9.59 Å². The molecule has 1 aliphatic rings. The van der Waals surface area contributed by atoms with Gasteiger partial charge in [0.05, 0.1) is 32.0 Å². The fourth-order valence-corrected chi connectivity index (χ4v) is 2.70. The summed E-state index contributed by atoms with van der Waals surface area (Å²) in [6, 6.07) is 13.5. The minimum Gasteiger partial charge on any atom is -0.497 e. The zero-order valence-electron chi connectivity index (χ0n) is 13.5. The lowest BCUT2D eigenvalue weighted by Gasteiger charge is -2.17. The van der Waals surface area contributed by atoms with Crippen LogP contribution in [0.15, 0.2) is 48.5 Å². The van der Waals surface area contributed by atoms with Gasteiger partial charge in [0, 0.05) is 6.07 Å². The van der Waals surface area contributed by atoms with Crippen LogP contribution in [-0.4, -0.2) is 32.1 Å². The molecule has 2 aromatic carbocycles. The monoisotopic (exact) mass is 326 g/mol. The number of hydrogen-bond acceptors (Lipinski definition) is 5. The van der Waals surface area contributed by atoms with Gasteiger partial charge in [0.1, 0.15) is 17.5 Å². The van der Waals surface area contributed by atoms with Crippen molar-refractivity contribution in [2.75, 3.05) is 24.4 Å². The molecule has 0 radical (unpaired) electrons. The van der Waals surface area contributed by atoms with E-state index in [-0.39, 0.29) is 18.2 Å². The summed E-state index contributed by atoms with van der Waals surface area (Å²) in [6.45, 7) is 0. The van der Waals surface area contributed by atoms with Gasteiger partial charge in [0.25, 0.3) is 5.91 Å². The second-order valence-electron chi connectivity index (χ2n) is 5.37. The SMILES string of the molecule is COc1ccc(N[C@H]2CC(=O)N(c3ccccc3)C2=O)c(OC)c1. The predicted octanol–water partition coefficient (Wildman–Crippen LogP) is 2.45. The normalized spacial score (nSPS) is 17.1. The van der Waals surface area contributed by atoms with Crippen molar-refractivity contribution in [3.8, 4) is 11.5 Å². The average Bonchev–Trinajstić information content (AvgIpc) is 2.89. The third-order valence-corrected chi connectivity index (χ3v) is 3.90. The van der Waals surface area contributed by atoms with Crippen LogP contribution in [0.25, 0.3) is 0 Å². The Morgan fingerprint density at radius 2 is 1.79 bits per heavy atom. The third kappa shape index (κ3) is 2.90. The lowest BCUT2D eigenvalue weighted by molar-refractivity contribution is -0.121. The van der Waals surface area contributed by atoms with E-state index >= 15 is 0 Å². The van der Waals surface area contributed by atoms with E-state index in [4.69, 9.17) is 9.47 Å². The molecule has 0 aromatic heterocycles. The molecule has 2 aromatic rings. The van der Waals surface area contributed by atoms with Crippen molar-refractivity contribution < 1.29 is 19.1 Å². The Hall–Kier alpha value is -3.02. The van der Waals surface area contributed by atoms with Gasteiger partial charge in [-0.05, 0) is 24.3 Å². The number of carbonyl (C=O) groups excluding carboxylic acids is 2. The van der Waals surface area contributed by atoms with Gasteiger partial charge in [-0.3, -0.25) is 9.59 Å². The number of imide groups is 1. The van der Waals surface area contributed by atoms with Crippen molar-refractivity contribution in [1.82, 2.24) is 0 Å². The molecule has 0 spiro atoms. The zero-order valence-corrected chi connectivity index (χ0v) is 13.5. The van der Waals surface area contributed by atoms with Crippen LogP contribution in [0.1, 0.15) is 6.42 Å². The first kappa shape index (κ1) is 15.9. The summed E-state index contributed by atoms with van der Waals surface area (Å²) in [6.07, 6.45) is 0.100. The summed E-state index contributed by atoms with van der Waals surface area (Å²) in [5.41, 5.74) is 1.22. The summed E-state index contributed by atoms with van der Waals surface area (Å²) in [5.74, 6) is 0.699. The standard InChI is InChI=1S/C18H18N2O4/c1-23-13-8-9-14(16(10-13)24-2)19-15-11-17(21)20(18(15)22)12-6-4-3-5-7-12/h3-10,15,19H,11H2,1-2H3/t15-/m0/s1. The lowest BCUT2D eigenvalue weighted by atomic mass is 10.2. The number of rotatable bonds is 5. The Kier molecular flexibility index (Phi) is 4.37. The molecule has 1 heterocycles. The van der Waals surface area contributed by atoms with Crippen molar-refractivity contribution in [2.24, 2.45) is 0 Å². The molecule has 1 N–H and O–H groups in total. The molecule has 0 unspecified atom stereocenters. The van der Waals surface area contributed by atoms with Crippen LogP contribution in [0.4, 0.5) is 11.4 Å². The molecule has 0 bridgehead atoms. The number of carbonyl (C=O) groups is 2. The number of ether oxygens (including phenoxy) is 2. The van der Waals surface area contributed by atoms with Gasteiger partial charge >= 0.3 is 0 Å². The smallest absolute Gasteiger partial charge is 0.256 e. The van der Waals surface area contributed by atoms with Gasteiger partial charge in [0.2, 0.25) is 5.91 Å². The van der Waals surface area contributed by atoms with Gasteiger partial charge in [-0.25, -0.2) is 4.90 Å². The van der Waals surface area contributed by atoms with Gasteiger partial charge in [-0.1, -0.05) is 18.2 Å². The second-order valence-corrected chi connectivity index (χ2v) is 5.37. The summed E-state index contributed by atoms with van der Waals surface area (Å²) in [5, 5.41) is 3.10. The average molecular weight is 326 g/mol. The summed E-state index contributed by atoms with van der Waals surface area (Å²) in [7, 11) is 3.11. The molecule has 1 saturated heterocycles. The second kappa shape index (κ2) is 6.62. The number of amides is 2. The van der Waals surface area contributed by atoms with Crippen molar-refractivity contribution in [1.29, 1.82) is 0 Å². The highest BCUT2D eigenvalue weighted by molar-refractivity contribution is 6.23. The summed E-state index contributed by atoms with van der Waals surface area (Å²) < 4.78 is 10.5. The molecule has 0 aliphatic carbocycles. The van der Waals surface area contributed by atoms with E-state index < -0.39 is 6.04 Å².